The van der Waals surface area contributed by atoms with E-state index in [2.05, 4.69) is 4.98 Å². The molecule has 23 heavy (non-hydrogen) atoms. The molecule has 0 spiro atoms. The molecule has 3 aromatic rings. The molecule has 1 heterocycles. The maximum atomic E-state index is 12.6. The minimum absolute atomic E-state index is 0.184. The van der Waals surface area contributed by atoms with Gasteiger partial charge in [-0.15, -0.1) is 4.73 Å². The van der Waals surface area contributed by atoms with Crippen molar-refractivity contribution in [1.82, 2.24) is 9.71 Å². The fraction of sp³-hybridized carbons (Fsp3) is 0.158. The van der Waals surface area contributed by atoms with Crippen LogP contribution in [0.2, 0.25) is 0 Å². The van der Waals surface area contributed by atoms with Crippen molar-refractivity contribution in [3.05, 3.63) is 76.3 Å². The number of nitrogens with zero attached hydrogens (tertiary/aromatic N) is 2. The quantitative estimate of drug-likeness (QED) is 0.725. The molecule has 0 unspecified atom stereocenters. The van der Waals surface area contributed by atoms with Crippen LogP contribution in [0.5, 0.6) is 0 Å². The first-order chi connectivity index (χ1) is 11.3. The van der Waals surface area contributed by atoms with Crippen LogP contribution in [0.15, 0.2) is 59.4 Å². The van der Waals surface area contributed by atoms with E-state index < -0.39 is 0 Å². The summed E-state index contributed by atoms with van der Waals surface area (Å²) in [6.07, 6.45) is 4.54. The van der Waals surface area contributed by atoms with E-state index in [-0.39, 0.29) is 5.56 Å². The van der Waals surface area contributed by atoms with Crippen molar-refractivity contribution in [1.29, 1.82) is 0 Å². The van der Waals surface area contributed by atoms with Crippen molar-refractivity contribution in [2.75, 3.05) is 6.61 Å². The monoisotopic (exact) mass is 306 g/mol. The van der Waals surface area contributed by atoms with Crippen LogP contribution in [0.1, 0.15) is 24.7 Å². The van der Waals surface area contributed by atoms with Crippen LogP contribution in [-0.4, -0.2) is 16.3 Å². The maximum absolute atomic E-state index is 12.6. The van der Waals surface area contributed by atoms with E-state index in [4.69, 9.17) is 4.84 Å². The average molecular weight is 306 g/mol. The van der Waals surface area contributed by atoms with Crippen LogP contribution < -0.4 is 10.4 Å². The highest BCUT2D eigenvalue weighted by atomic mass is 16.7. The molecule has 0 bridgehead atoms. The second-order valence-electron chi connectivity index (χ2n) is 5.16. The summed E-state index contributed by atoms with van der Waals surface area (Å²) in [5.41, 5.74) is 1.52. The molecule has 116 valence electrons. The number of fused-ring (bicyclic) bond motifs is 1. The first kappa shape index (κ1) is 15.0. The summed E-state index contributed by atoms with van der Waals surface area (Å²) in [6, 6.07) is 17.2. The molecule has 1 aromatic heterocycles. The van der Waals surface area contributed by atoms with Gasteiger partial charge in [0, 0.05) is 0 Å². The highest BCUT2D eigenvalue weighted by Crippen LogP contribution is 2.10. The molecule has 0 atom stereocenters. The zero-order valence-corrected chi connectivity index (χ0v) is 13.0. The van der Waals surface area contributed by atoms with Crippen LogP contribution in [0, 0.1) is 0 Å². The SMILES string of the molecule is CCCOn1c(C=Cc2ccccc2)nc2ccccc2c1=O. The average Bonchev–Trinajstić information content (AvgIpc) is 2.60. The van der Waals surface area contributed by atoms with E-state index in [1.807, 2.05) is 61.5 Å². The first-order valence-corrected chi connectivity index (χ1v) is 7.68. The molecule has 3 rings (SSSR count). The third-order valence-corrected chi connectivity index (χ3v) is 3.41. The lowest BCUT2D eigenvalue weighted by atomic mass is 10.2. The van der Waals surface area contributed by atoms with Crippen molar-refractivity contribution < 1.29 is 4.84 Å². The third-order valence-electron chi connectivity index (χ3n) is 3.41. The topological polar surface area (TPSA) is 44.1 Å². The molecule has 4 nitrogen and oxygen atoms in total. The summed E-state index contributed by atoms with van der Waals surface area (Å²) >= 11 is 0. The second-order valence-corrected chi connectivity index (χ2v) is 5.16. The van der Waals surface area contributed by atoms with Gasteiger partial charge in [0.05, 0.1) is 10.9 Å². The molecule has 0 N–H and O–H groups in total. The zero-order valence-electron chi connectivity index (χ0n) is 13.0. The van der Waals surface area contributed by atoms with Gasteiger partial charge in [0.25, 0.3) is 5.56 Å². The van der Waals surface area contributed by atoms with Gasteiger partial charge in [-0.2, -0.15) is 0 Å². The Kier molecular flexibility index (Phi) is 4.52. The largest absolute Gasteiger partial charge is 0.409 e. The van der Waals surface area contributed by atoms with Crippen LogP contribution in [0.4, 0.5) is 0 Å². The standard InChI is InChI=1S/C19H18N2O2/c1-2-14-23-21-18(13-12-15-8-4-3-5-9-15)20-17-11-7-6-10-16(17)19(21)22/h3-13H,2,14H2,1H3. The van der Waals surface area contributed by atoms with E-state index in [1.165, 1.54) is 4.73 Å². The van der Waals surface area contributed by atoms with Gasteiger partial charge in [0.15, 0.2) is 5.82 Å². The summed E-state index contributed by atoms with van der Waals surface area (Å²) in [7, 11) is 0. The highest BCUT2D eigenvalue weighted by Gasteiger charge is 2.09. The van der Waals surface area contributed by atoms with Crippen molar-refractivity contribution in [3.63, 3.8) is 0 Å². The van der Waals surface area contributed by atoms with Gasteiger partial charge in [0.2, 0.25) is 0 Å². The van der Waals surface area contributed by atoms with Crippen molar-refractivity contribution in [2.45, 2.75) is 13.3 Å². The normalized spacial score (nSPS) is 11.2. The lowest BCUT2D eigenvalue weighted by Gasteiger charge is -2.11. The number of rotatable bonds is 5. The van der Waals surface area contributed by atoms with Gasteiger partial charge in [-0.05, 0) is 30.2 Å². The minimum Gasteiger partial charge on any atom is -0.409 e. The van der Waals surface area contributed by atoms with Crippen LogP contribution in [-0.2, 0) is 0 Å². The Balaban J connectivity index is 2.10. The molecule has 0 aliphatic carbocycles. The van der Waals surface area contributed by atoms with E-state index >= 15 is 0 Å². The van der Waals surface area contributed by atoms with Gasteiger partial charge in [0.1, 0.15) is 6.61 Å². The predicted molar refractivity (Wildman–Crippen MR) is 93.1 cm³/mol. The molecule has 2 aromatic carbocycles. The van der Waals surface area contributed by atoms with Crippen molar-refractivity contribution >= 4 is 23.1 Å². The number of para-hydroxylation sites is 1. The highest BCUT2D eigenvalue weighted by molar-refractivity contribution is 5.79. The van der Waals surface area contributed by atoms with E-state index in [9.17, 15) is 4.79 Å². The molecule has 0 saturated heterocycles. The number of hydrogen-bond donors (Lipinski definition) is 0. The van der Waals surface area contributed by atoms with E-state index in [0.717, 1.165) is 12.0 Å². The Labute approximate surface area is 134 Å². The molecule has 4 heteroatoms. The lowest BCUT2D eigenvalue weighted by molar-refractivity contribution is 0.0995. The fourth-order valence-electron chi connectivity index (χ4n) is 2.28. The zero-order chi connectivity index (χ0) is 16.1. The number of aromatic nitrogens is 2. The summed E-state index contributed by atoms with van der Waals surface area (Å²) in [6.45, 7) is 2.46. The molecular formula is C19H18N2O2. The Bertz CT molecular complexity index is 883. The van der Waals surface area contributed by atoms with Gasteiger partial charge in [-0.1, -0.05) is 55.5 Å². The molecule has 0 aliphatic rings. The Morgan fingerprint density at radius 2 is 1.78 bits per heavy atom. The fourth-order valence-corrected chi connectivity index (χ4v) is 2.28. The molecule has 0 aliphatic heterocycles. The van der Waals surface area contributed by atoms with Crippen molar-refractivity contribution in [2.24, 2.45) is 0 Å². The minimum atomic E-state index is -0.184. The Hall–Kier alpha value is -2.88. The summed E-state index contributed by atoms with van der Waals surface area (Å²) in [4.78, 5) is 22.8. The third kappa shape index (κ3) is 3.31. The first-order valence-electron chi connectivity index (χ1n) is 7.68. The maximum Gasteiger partial charge on any atom is 0.294 e. The summed E-state index contributed by atoms with van der Waals surface area (Å²) < 4.78 is 1.28. The molecule has 0 saturated carbocycles. The van der Waals surface area contributed by atoms with E-state index in [1.54, 1.807) is 12.1 Å². The Morgan fingerprint density at radius 1 is 1.04 bits per heavy atom. The van der Waals surface area contributed by atoms with Gasteiger partial charge in [-0.3, -0.25) is 4.79 Å². The van der Waals surface area contributed by atoms with Crippen molar-refractivity contribution in [3.8, 4) is 0 Å². The van der Waals surface area contributed by atoms with Crippen LogP contribution >= 0.6 is 0 Å². The van der Waals surface area contributed by atoms with Gasteiger partial charge in [-0.25, -0.2) is 4.98 Å². The molecular weight excluding hydrogens is 288 g/mol. The number of benzene rings is 2. The van der Waals surface area contributed by atoms with Crippen LogP contribution in [0.3, 0.4) is 0 Å². The predicted octanol–water partition coefficient (Wildman–Crippen LogP) is 3.41. The molecule has 0 fully saturated rings. The molecule has 0 amide bonds. The van der Waals surface area contributed by atoms with Gasteiger partial charge < -0.3 is 4.84 Å². The smallest absolute Gasteiger partial charge is 0.294 e. The summed E-state index contributed by atoms with van der Waals surface area (Å²) in [5.74, 6) is 0.492. The van der Waals surface area contributed by atoms with E-state index in [0.29, 0.717) is 23.3 Å². The Morgan fingerprint density at radius 3 is 2.57 bits per heavy atom. The van der Waals surface area contributed by atoms with Gasteiger partial charge >= 0.3 is 0 Å². The number of hydrogen-bond acceptors (Lipinski definition) is 3. The summed E-state index contributed by atoms with van der Waals surface area (Å²) in [5, 5.41) is 0.556. The van der Waals surface area contributed by atoms with Crippen LogP contribution in [0.25, 0.3) is 23.1 Å². The lowest BCUT2D eigenvalue weighted by Crippen LogP contribution is -2.30. The second kappa shape index (κ2) is 6.92. The molecule has 0 radical (unpaired) electrons.